The molecule has 6 heteroatoms. The van der Waals surface area contributed by atoms with Crippen LogP contribution in [0.15, 0.2) is 30.3 Å². The normalized spacial score (nSPS) is 29.4. The van der Waals surface area contributed by atoms with Gasteiger partial charge in [0.25, 0.3) is 0 Å². The summed E-state index contributed by atoms with van der Waals surface area (Å²) < 4.78 is 10.6. The molecule has 0 spiro atoms. The summed E-state index contributed by atoms with van der Waals surface area (Å²) in [5, 5.41) is 12.3. The van der Waals surface area contributed by atoms with Gasteiger partial charge in [0.1, 0.15) is 11.7 Å². The number of ether oxygens (including phenoxy) is 2. The Kier molecular flexibility index (Phi) is 4.25. The molecule has 0 aromatic heterocycles. The van der Waals surface area contributed by atoms with Crippen molar-refractivity contribution in [2.75, 3.05) is 6.61 Å². The van der Waals surface area contributed by atoms with E-state index in [-0.39, 0.29) is 30.3 Å². The molecule has 2 fully saturated rings. The molecule has 2 N–H and O–H groups in total. The molecule has 0 bridgehead atoms. The third-order valence-electron chi connectivity index (χ3n) is 4.46. The molecule has 1 aliphatic heterocycles. The summed E-state index contributed by atoms with van der Waals surface area (Å²) in [5.41, 5.74) is 0.452. The Morgan fingerprint density at radius 1 is 1.29 bits per heavy atom. The number of carbonyl (C=O) groups excluding carboxylic acids is 2. The minimum atomic E-state index is -0.674. The highest BCUT2D eigenvalue weighted by atomic mass is 16.6. The first-order valence-electron chi connectivity index (χ1n) is 8.17. The fraction of sp³-hybridized carbons (Fsp3) is 0.556. The molecule has 130 valence electrons. The number of aliphatic hydroxyl groups excluding tert-OH is 1. The van der Waals surface area contributed by atoms with Crippen molar-refractivity contribution in [3.8, 4) is 0 Å². The predicted octanol–water partition coefficient (Wildman–Crippen LogP) is 1.83. The molecule has 1 saturated carbocycles. The molecule has 1 aromatic rings. The Morgan fingerprint density at radius 2 is 1.96 bits per heavy atom. The van der Waals surface area contributed by atoms with Crippen molar-refractivity contribution in [3.63, 3.8) is 0 Å². The number of carbonyl (C=O) groups is 2. The van der Waals surface area contributed by atoms with Crippen molar-refractivity contribution >= 4 is 12.1 Å². The van der Waals surface area contributed by atoms with E-state index in [1.165, 1.54) is 0 Å². The number of benzene rings is 1. The van der Waals surface area contributed by atoms with Crippen LogP contribution in [-0.4, -0.2) is 41.5 Å². The van der Waals surface area contributed by atoms with Crippen molar-refractivity contribution in [2.45, 2.75) is 44.4 Å². The van der Waals surface area contributed by atoms with Gasteiger partial charge in [-0.15, -0.1) is 0 Å². The standard InChI is InChI=1S/C18H23NO5/c1-18(2,3)24-17(22)19-11(9-20)15-13-12(14(13)16(21)23-15)10-7-5-4-6-8-10/h4-8,11-15,20H,9H2,1-3H3,(H,19,22)/t11-,12+,13-,14+,15+/m0/s1. The van der Waals surface area contributed by atoms with Gasteiger partial charge in [-0.25, -0.2) is 4.79 Å². The summed E-state index contributed by atoms with van der Waals surface area (Å²) in [5.74, 6) is -0.380. The lowest BCUT2D eigenvalue weighted by Gasteiger charge is -2.27. The van der Waals surface area contributed by atoms with Crippen LogP contribution in [0, 0.1) is 11.8 Å². The smallest absolute Gasteiger partial charge is 0.408 e. The number of hydrogen-bond acceptors (Lipinski definition) is 5. The van der Waals surface area contributed by atoms with E-state index in [9.17, 15) is 14.7 Å². The van der Waals surface area contributed by atoms with E-state index in [1.54, 1.807) is 20.8 Å². The van der Waals surface area contributed by atoms with E-state index in [4.69, 9.17) is 9.47 Å². The predicted molar refractivity (Wildman–Crippen MR) is 86.3 cm³/mol. The molecule has 1 amide bonds. The van der Waals surface area contributed by atoms with E-state index in [1.807, 2.05) is 30.3 Å². The lowest BCUT2D eigenvalue weighted by atomic mass is 10.0. The number of fused-ring (bicyclic) bond motifs is 1. The van der Waals surface area contributed by atoms with E-state index >= 15 is 0 Å². The fourth-order valence-electron chi connectivity index (χ4n) is 3.48. The maximum atomic E-state index is 12.1. The van der Waals surface area contributed by atoms with E-state index in [2.05, 4.69) is 5.32 Å². The van der Waals surface area contributed by atoms with Gasteiger partial charge in [-0.3, -0.25) is 4.79 Å². The monoisotopic (exact) mass is 333 g/mol. The summed E-state index contributed by atoms with van der Waals surface area (Å²) >= 11 is 0. The highest BCUT2D eigenvalue weighted by Gasteiger charge is 2.67. The van der Waals surface area contributed by atoms with Crippen molar-refractivity contribution < 1.29 is 24.2 Å². The van der Waals surface area contributed by atoms with E-state index in [0.29, 0.717) is 0 Å². The Morgan fingerprint density at radius 3 is 2.54 bits per heavy atom. The number of esters is 1. The first-order valence-corrected chi connectivity index (χ1v) is 8.17. The molecule has 0 radical (unpaired) electrons. The fourth-order valence-corrected chi connectivity index (χ4v) is 3.48. The third-order valence-corrected chi connectivity index (χ3v) is 4.46. The quantitative estimate of drug-likeness (QED) is 0.821. The molecule has 6 nitrogen and oxygen atoms in total. The van der Waals surface area contributed by atoms with Crippen molar-refractivity contribution in [2.24, 2.45) is 11.8 Å². The van der Waals surface area contributed by atoms with Gasteiger partial charge in [0.15, 0.2) is 0 Å². The second-order valence-corrected chi connectivity index (χ2v) is 7.38. The van der Waals surface area contributed by atoms with Crippen LogP contribution in [0.25, 0.3) is 0 Å². The molecule has 24 heavy (non-hydrogen) atoms. The number of cyclic esters (lactones) is 1. The molecule has 1 aliphatic carbocycles. The molecular formula is C18H23NO5. The zero-order valence-electron chi connectivity index (χ0n) is 14.1. The summed E-state index contributed by atoms with van der Waals surface area (Å²) in [7, 11) is 0. The lowest BCUT2D eigenvalue weighted by molar-refractivity contribution is -0.147. The summed E-state index contributed by atoms with van der Waals surface area (Å²) in [6.45, 7) is 4.97. The number of nitrogens with one attached hydrogen (secondary N) is 1. The van der Waals surface area contributed by atoms with Gasteiger partial charge in [0.05, 0.1) is 18.6 Å². The summed E-state index contributed by atoms with van der Waals surface area (Å²) in [4.78, 5) is 24.1. The van der Waals surface area contributed by atoms with Crippen LogP contribution in [-0.2, 0) is 14.3 Å². The SMILES string of the molecule is CC(C)(C)OC(=O)N[C@@H](CO)[C@H]1OC(=O)[C@@H]2[C@H](c3ccccc3)[C@H]12. The Bertz CT molecular complexity index is 624. The molecule has 1 heterocycles. The van der Waals surface area contributed by atoms with Crippen molar-refractivity contribution in [1.29, 1.82) is 0 Å². The van der Waals surface area contributed by atoms with Crippen LogP contribution in [0.4, 0.5) is 4.79 Å². The van der Waals surface area contributed by atoms with Gasteiger partial charge >= 0.3 is 12.1 Å². The Balaban J connectivity index is 1.69. The number of hydrogen-bond donors (Lipinski definition) is 2. The minimum absolute atomic E-state index is 0.0213. The van der Waals surface area contributed by atoms with Gasteiger partial charge in [-0.1, -0.05) is 30.3 Å². The third kappa shape index (κ3) is 3.24. The van der Waals surface area contributed by atoms with Crippen molar-refractivity contribution in [3.05, 3.63) is 35.9 Å². The second kappa shape index (κ2) is 6.09. The van der Waals surface area contributed by atoms with E-state index < -0.39 is 23.8 Å². The molecule has 1 saturated heterocycles. The maximum absolute atomic E-state index is 12.1. The van der Waals surface area contributed by atoms with Gasteiger partial charge < -0.3 is 19.9 Å². The first-order chi connectivity index (χ1) is 11.3. The number of aliphatic hydroxyl groups is 1. The largest absolute Gasteiger partial charge is 0.459 e. The number of amides is 1. The molecule has 1 aromatic carbocycles. The van der Waals surface area contributed by atoms with E-state index in [0.717, 1.165) is 5.56 Å². The van der Waals surface area contributed by atoms with Gasteiger partial charge in [-0.05, 0) is 26.3 Å². The molecular weight excluding hydrogens is 310 g/mol. The number of alkyl carbamates (subject to hydrolysis) is 1. The average molecular weight is 333 g/mol. The molecule has 3 rings (SSSR count). The summed E-state index contributed by atoms with van der Waals surface area (Å²) in [6, 6.07) is 9.11. The van der Waals surface area contributed by atoms with Crippen LogP contribution >= 0.6 is 0 Å². The van der Waals surface area contributed by atoms with Crippen molar-refractivity contribution in [1.82, 2.24) is 5.32 Å². The average Bonchev–Trinajstić information content (AvgIpc) is 3.16. The van der Waals surface area contributed by atoms with Crippen LogP contribution in [0.2, 0.25) is 0 Å². The van der Waals surface area contributed by atoms with Crippen LogP contribution in [0.3, 0.4) is 0 Å². The van der Waals surface area contributed by atoms with Gasteiger partial charge in [0.2, 0.25) is 0 Å². The summed E-state index contributed by atoms with van der Waals surface area (Å²) in [6.07, 6.45) is -1.16. The lowest BCUT2D eigenvalue weighted by Crippen LogP contribution is -2.49. The molecule has 0 unspecified atom stereocenters. The first kappa shape index (κ1) is 16.8. The van der Waals surface area contributed by atoms with Gasteiger partial charge in [0, 0.05) is 11.8 Å². The molecule has 5 atom stereocenters. The maximum Gasteiger partial charge on any atom is 0.408 e. The van der Waals surface area contributed by atoms with Gasteiger partial charge in [-0.2, -0.15) is 0 Å². The Labute approximate surface area is 141 Å². The number of rotatable bonds is 4. The van der Waals surface area contributed by atoms with Crippen LogP contribution in [0.1, 0.15) is 32.3 Å². The highest BCUT2D eigenvalue weighted by Crippen LogP contribution is 2.61. The molecule has 2 aliphatic rings. The van der Waals surface area contributed by atoms with Crippen LogP contribution in [0.5, 0.6) is 0 Å². The minimum Gasteiger partial charge on any atom is -0.459 e. The highest BCUT2D eigenvalue weighted by molar-refractivity contribution is 5.82. The zero-order valence-corrected chi connectivity index (χ0v) is 14.1. The Hall–Kier alpha value is -2.08. The zero-order chi connectivity index (χ0) is 17.5. The topological polar surface area (TPSA) is 84.9 Å². The van der Waals surface area contributed by atoms with Crippen LogP contribution < -0.4 is 5.32 Å². The second-order valence-electron chi connectivity index (χ2n) is 7.38.